The highest BCUT2D eigenvalue weighted by atomic mass is 16.6. The van der Waals surface area contributed by atoms with Crippen LogP contribution in [-0.4, -0.2) is 49.2 Å². The van der Waals surface area contributed by atoms with E-state index in [4.69, 9.17) is 4.74 Å². The van der Waals surface area contributed by atoms with E-state index in [2.05, 4.69) is 10.2 Å². The van der Waals surface area contributed by atoms with Crippen LogP contribution in [0.4, 0.5) is 0 Å². The number of hydrogen-bond acceptors (Lipinski definition) is 4. The molecule has 1 fully saturated rings. The molecular formula is C12H24N2O2. The predicted octanol–water partition coefficient (Wildman–Crippen LogP) is 1.01. The molecule has 0 spiro atoms. The summed E-state index contributed by atoms with van der Waals surface area (Å²) in [6.07, 6.45) is 2.34. The molecule has 1 aliphatic rings. The van der Waals surface area contributed by atoms with Gasteiger partial charge in [-0.3, -0.25) is 9.69 Å². The summed E-state index contributed by atoms with van der Waals surface area (Å²) in [4.78, 5) is 13.7. The van der Waals surface area contributed by atoms with Crippen molar-refractivity contribution in [3.63, 3.8) is 0 Å². The first-order valence-corrected chi connectivity index (χ1v) is 6.01. The minimum atomic E-state index is -0.386. The number of likely N-dealkylation sites (N-methyl/N-ethyl adjacent to an activating group) is 1. The summed E-state index contributed by atoms with van der Waals surface area (Å²) >= 11 is 0. The van der Waals surface area contributed by atoms with Gasteiger partial charge < -0.3 is 10.1 Å². The normalized spacial score (nSPS) is 22.2. The van der Waals surface area contributed by atoms with Crippen LogP contribution >= 0.6 is 0 Å². The smallest absolute Gasteiger partial charge is 0.320 e. The highest BCUT2D eigenvalue weighted by Crippen LogP contribution is 2.11. The third-order valence-electron chi connectivity index (χ3n) is 2.69. The SMILES string of the molecule is CN(CC(=O)OC(C)(C)C)C1CCCNC1. The van der Waals surface area contributed by atoms with Gasteiger partial charge in [-0.25, -0.2) is 0 Å². The Hall–Kier alpha value is -0.610. The third-order valence-corrected chi connectivity index (χ3v) is 2.69. The van der Waals surface area contributed by atoms with E-state index in [1.54, 1.807) is 0 Å². The van der Waals surface area contributed by atoms with Gasteiger partial charge in [-0.15, -0.1) is 0 Å². The summed E-state index contributed by atoms with van der Waals surface area (Å²) < 4.78 is 5.30. The van der Waals surface area contributed by atoms with Crippen molar-refractivity contribution in [1.29, 1.82) is 0 Å². The standard InChI is InChI=1S/C12H24N2O2/c1-12(2,3)16-11(15)9-14(4)10-6-5-7-13-8-10/h10,13H,5-9H2,1-4H3. The highest BCUT2D eigenvalue weighted by Gasteiger charge is 2.22. The Balaban J connectivity index is 2.32. The van der Waals surface area contributed by atoms with Crippen LogP contribution in [0.25, 0.3) is 0 Å². The van der Waals surface area contributed by atoms with Gasteiger partial charge >= 0.3 is 5.97 Å². The molecule has 1 heterocycles. The number of carbonyl (C=O) groups is 1. The molecule has 1 aliphatic heterocycles. The summed E-state index contributed by atoms with van der Waals surface area (Å²) in [5, 5.41) is 3.34. The molecule has 0 saturated carbocycles. The molecule has 0 amide bonds. The van der Waals surface area contributed by atoms with E-state index in [9.17, 15) is 4.79 Å². The van der Waals surface area contributed by atoms with Crippen LogP contribution in [0.3, 0.4) is 0 Å². The summed E-state index contributed by atoms with van der Waals surface area (Å²) in [6.45, 7) is 8.13. The van der Waals surface area contributed by atoms with Gasteiger partial charge in [-0.05, 0) is 47.2 Å². The zero-order valence-corrected chi connectivity index (χ0v) is 10.9. The Morgan fingerprint density at radius 2 is 2.19 bits per heavy atom. The number of esters is 1. The highest BCUT2D eigenvalue weighted by molar-refractivity contribution is 5.72. The van der Waals surface area contributed by atoms with Crippen LogP contribution in [0.15, 0.2) is 0 Å². The number of hydrogen-bond donors (Lipinski definition) is 1. The Labute approximate surface area is 98.3 Å². The maximum absolute atomic E-state index is 11.6. The van der Waals surface area contributed by atoms with Crippen LogP contribution in [0.5, 0.6) is 0 Å². The lowest BCUT2D eigenvalue weighted by molar-refractivity contribution is -0.156. The van der Waals surface area contributed by atoms with E-state index in [0.29, 0.717) is 12.6 Å². The topological polar surface area (TPSA) is 41.6 Å². The summed E-state index contributed by atoms with van der Waals surface area (Å²) in [5.41, 5.74) is -0.386. The van der Waals surface area contributed by atoms with E-state index < -0.39 is 0 Å². The van der Waals surface area contributed by atoms with Crippen molar-refractivity contribution in [1.82, 2.24) is 10.2 Å². The van der Waals surface area contributed by atoms with E-state index in [-0.39, 0.29) is 11.6 Å². The fourth-order valence-corrected chi connectivity index (χ4v) is 1.92. The minimum Gasteiger partial charge on any atom is -0.459 e. The lowest BCUT2D eigenvalue weighted by Crippen LogP contribution is -2.46. The molecule has 1 saturated heterocycles. The number of nitrogens with one attached hydrogen (secondary N) is 1. The van der Waals surface area contributed by atoms with Crippen molar-refractivity contribution in [2.24, 2.45) is 0 Å². The summed E-state index contributed by atoms with van der Waals surface area (Å²) in [7, 11) is 1.99. The second kappa shape index (κ2) is 5.64. The van der Waals surface area contributed by atoms with Crippen molar-refractivity contribution in [2.75, 3.05) is 26.7 Å². The Kier molecular flexibility index (Phi) is 4.74. The van der Waals surface area contributed by atoms with E-state index >= 15 is 0 Å². The molecule has 0 aromatic rings. The van der Waals surface area contributed by atoms with Gasteiger partial charge in [0.2, 0.25) is 0 Å². The molecule has 0 aromatic heterocycles. The summed E-state index contributed by atoms with van der Waals surface area (Å²) in [5.74, 6) is -0.138. The van der Waals surface area contributed by atoms with E-state index in [1.807, 2.05) is 27.8 Å². The molecule has 0 aliphatic carbocycles. The molecule has 0 bridgehead atoms. The van der Waals surface area contributed by atoms with E-state index in [1.165, 1.54) is 6.42 Å². The van der Waals surface area contributed by atoms with Gasteiger partial charge in [0.05, 0.1) is 6.54 Å². The molecule has 4 heteroatoms. The fourth-order valence-electron chi connectivity index (χ4n) is 1.92. The molecule has 1 atom stereocenters. The lowest BCUT2D eigenvalue weighted by Gasteiger charge is -2.31. The average molecular weight is 228 g/mol. The fraction of sp³-hybridized carbons (Fsp3) is 0.917. The first-order valence-electron chi connectivity index (χ1n) is 6.01. The summed E-state index contributed by atoms with van der Waals surface area (Å²) in [6, 6.07) is 0.460. The van der Waals surface area contributed by atoms with Crippen LogP contribution in [0.1, 0.15) is 33.6 Å². The van der Waals surface area contributed by atoms with Crippen molar-refractivity contribution < 1.29 is 9.53 Å². The van der Waals surface area contributed by atoms with Gasteiger partial charge in [-0.1, -0.05) is 0 Å². The zero-order valence-electron chi connectivity index (χ0n) is 10.9. The van der Waals surface area contributed by atoms with Crippen LogP contribution in [0.2, 0.25) is 0 Å². The van der Waals surface area contributed by atoms with Crippen LogP contribution in [-0.2, 0) is 9.53 Å². The molecule has 16 heavy (non-hydrogen) atoms. The van der Waals surface area contributed by atoms with Gasteiger partial charge in [0.25, 0.3) is 0 Å². The number of carbonyl (C=O) groups excluding carboxylic acids is 1. The maximum Gasteiger partial charge on any atom is 0.320 e. The maximum atomic E-state index is 11.6. The quantitative estimate of drug-likeness (QED) is 0.732. The third kappa shape index (κ3) is 4.94. The molecule has 1 unspecified atom stereocenters. The van der Waals surface area contributed by atoms with Crippen molar-refractivity contribution >= 4 is 5.97 Å². The minimum absolute atomic E-state index is 0.138. The van der Waals surface area contributed by atoms with Crippen LogP contribution in [0, 0.1) is 0 Å². The second-order valence-electron chi connectivity index (χ2n) is 5.50. The van der Waals surface area contributed by atoms with Gasteiger partial charge in [0.1, 0.15) is 5.60 Å². The van der Waals surface area contributed by atoms with Gasteiger partial charge in [0.15, 0.2) is 0 Å². The number of rotatable bonds is 3. The Morgan fingerprint density at radius 1 is 1.50 bits per heavy atom. The number of ether oxygens (including phenoxy) is 1. The second-order valence-corrected chi connectivity index (χ2v) is 5.50. The monoisotopic (exact) mass is 228 g/mol. The largest absolute Gasteiger partial charge is 0.459 e. The van der Waals surface area contributed by atoms with Crippen molar-refractivity contribution in [2.45, 2.75) is 45.3 Å². The molecule has 94 valence electrons. The van der Waals surface area contributed by atoms with E-state index in [0.717, 1.165) is 19.5 Å². The molecule has 1 N–H and O–H groups in total. The van der Waals surface area contributed by atoms with Crippen molar-refractivity contribution in [3.05, 3.63) is 0 Å². The van der Waals surface area contributed by atoms with Crippen LogP contribution < -0.4 is 5.32 Å². The Bertz CT molecular complexity index is 230. The molecule has 0 aromatic carbocycles. The number of piperidine rings is 1. The number of nitrogens with zero attached hydrogens (tertiary/aromatic N) is 1. The average Bonchev–Trinajstić information content (AvgIpc) is 2.16. The first-order chi connectivity index (χ1) is 7.38. The first kappa shape index (κ1) is 13.5. The van der Waals surface area contributed by atoms with Gasteiger partial charge in [0, 0.05) is 12.6 Å². The molecule has 4 nitrogen and oxygen atoms in total. The molecule has 0 radical (unpaired) electrons. The molecule has 1 rings (SSSR count). The predicted molar refractivity (Wildman–Crippen MR) is 64.4 cm³/mol. The van der Waals surface area contributed by atoms with Crippen molar-refractivity contribution in [3.8, 4) is 0 Å². The van der Waals surface area contributed by atoms with Gasteiger partial charge in [-0.2, -0.15) is 0 Å². The molecular weight excluding hydrogens is 204 g/mol. The lowest BCUT2D eigenvalue weighted by atomic mass is 10.1. The Morgan fingerprint density at radius 3 is 2.69 bits per heavy atom. The zero-order chi connectivity index (χ0) is 12.2.